The van der Waals surface area contributed by atoms with Gasteiger partial charge in [-0.05, 0) is 43.5 Å². The van der Waals surface area contributed by atoms with E-state index in [1.54, 1.807) is 12.1 Å². The van der Waals surface area contributed by atoms with Crippen LogP contribution >= 0.6 is 11.6 Å². The molecule has 4 heteroatoms. The SMILES string of the molecule is Cc1cc(Cl)ccc1O[C@H](C(=O)NC1CC1)c1ccccc1. The largest absolute Gasteiger partial charge is 0.476 e. The van der Waals surface area contributed by atoms with Crippen molar-refractivity contribution in [2.45, 2.75) is 31.9 Å². The predicted molar refractivity (Wildman–Crippen MR) is 87.2 cm³/mol. The monoisotopic (exact) mass is 315 g/mol. The number of carbonyl (C=O) groups excluding carboxylic acids is 1. The number of benzene rings is 2. The first kappa shape index (κ1) is 14.9. The molecule has 1 amide bonds. The second-order valence-corrected chi connectivity index (χ2v) is 6.04. The summed E-state index contributed by atoms with van der Waals surface area (Å²) >= 11 is 5.98. The molecule has 2 aromatic rings. The van der Waals surface area contributed by atoms with E-state index in [0.717, 1.165) is 24.0 Å². The maximum atomic E-state index is 12.5. The Balaban J connectivity index is 1.85. The summed E-state index contributed by atoms with van der Waals surface area (Å²) in [5, 5.41) is 3.67. The third-order valence-corrected chi connectivity index (χ3v) is 3.88. The molecular weight excluding hydrogens is 298 g/mol. The zero-order valence-corrected chi connectivity index (χ0v) is 13.1. The Bertz CT molecular complexity index is 668. The van der Waals surface area contributed by atoms with Crippen molar-refractivity contribution in [3.63, 3.8) is 0 Å². The molecule has 0 radical (unpaired) electrons. The molecule has 22 heavy (non-hydrogen) atoms. The van der Waals surface area contributed by atoms with E-state index in [1.165, 1.54) is 0 Å². The number of halogens is 1. The van der Waals surface area contributed by atoms with Gasteiger partial charge in [-0.1, -0.05) is 41.9 Å². The van der Waals surface area contributed by atoms with E-state index >= 15 is 0 Å². The van der Waals surface area contributed by atoms with E-state index < -0.39 is 6.10 Å². The van der Waals surface area contributed by atoms with Crippen molar-refractivity contribution in [3.8, 4) is 5.75 Å². The fourth-order valence-corrected chi connectivity index (χ4v) is 2.50. The molecule has 0 saturated heterocycles. The van der Waals surface area contributed by atoms with Crippen LogP contribution < -0.4 is 10.1 Å². The van der Waals surface area contributed by atoms with Crippen LogP contribution in [0.3, 0.4) is 0 Å². The zero-order chi connectivity index (χ0) is 15.5. The molecule has 1 aliphatic carbocycles. The molecule has 0 bridgehead atoms. The number of ether oxygens (including phenoxy) is 1. The van der Waals surface area contributed by atoms with Gasteiger partial charge in [-0.3, -0.25) is 4.79 Å². The summed E-state index contributed by atoms with van der Waals surface area (Å²) in [6.07, 6.45) is 1.45. The molecule has 0 aromatic heterocycles. The fraction of sp³-hybridized carbons (Fsp3) is 0.278. The third-order valence-electron chi connectivity index (χ3n) is 3.65. The minimum absolute atomic E-state index is 0.0944. The lowest BCUT2D eigenvalue weighted by Crippen LogP contribution is -2.34. The molecule has 0 unspecified atom stereocenters. The van der Waals surface area contributed by atoms with Crippen molar-refractivity contribution in [3.05, 3.63) is 64.7 Å². The Morgan fingerprint density at radius 3 is 2.59 bits per heavy atom. The van der Waals surface area contributed by atoms with Crippen LogP contribution in [-0.2, 0) is 4.79 Å². The topological polar surface area (TPSA) is 38.3 Å². The molecule has 3 nitrogen and oxygen atoms in total. The molecule has 1 atom stereocenters. The van der Waals surface area contributed by atoms with Crippen molar-refractivity contribution in [1.29, 1.82) is 0 Å². The number of rotatable bonds is 5. The van der Waals surface area contributed by atoms with Gasteiger partial charge in [-0.15, -0.1) is 0 Å². The third kappa shape index (κ3) is 3.60. The number of amides is 1. The molecule has 0 heterocycles. The molecule has 0 aliphatic heterocycles. The van der Waals surface area contributed by atoms with E-state index in [4.69, 9.17) is 16.3 Å². The van der Waals surface area contributed by atoms with E-state index in [2.05, 4.69) is 5.32 Å². The molecule has 0 spiro atoms. The van der Waals surface area contributed by atoms with Crippen LogP contribution in [0, 0.1) is 6.92 Å². The molecular formula is C18H18ClNO2. The number of hydrogen-bond acceptors (Lipinski definition) is 2. The first-order chi connectivity index (χ1) is 10.6. The lowest BCUT2D eigenvalue weighted by atomic mass is 10.1. The molecule has 1 saturated carbocycles. The van der Waals surface area contributed by atoms with E-state index in [9.17, 15) is 4.79 Å². The zero-order valence-electron chi connectivity index (χ0n) is 12.4. The number of carbonyl (C=O) groups is 1. The average molecular weight is 316 g/mol. The highest BCUT2D eigenvalue weighted by Crippen LogP contribution is 2.28. The van der Waals surface area contributed by atoms with Gasteiger partial charge in [0.1, 0.15) is 5.75 Å². The average Bonchev–Trinajstić information content (AvgIpc) is 3.31. The van der Waals surface area contributed by atoms with Gasteiger partial charge in [0.15, 0.2) is 0 Å². The van der Waals surface area contributed by atoms with Gasteiger partial charge in [-0.25, -0.2) is 0 Å². The number of nitrogens with one attached hydrogen (secondary N) is 1. The summed E-state index contributed by atoms with van der Waals surface area (Å²) in [4.78, 5) is 12.5. The Labute approximate surface area is 135 Å². The standard InChI is InChI=1S/C18H18ClNO2/c1-12-11-14(19)7-10-16(12)22-17(13-5-3-2-4-6-13)18(21)20-15-8-9-15/h2-7,10-11,15,17H,8-9H2,1H3,(H,20,21)/t17-/m0/s1. The summed E-state index contributed by atoms with van der Waals surface area (Å²) in [5.41, 5.74) is 1.75. The molecule has 1 aliphatic rings. The minimum atomic E-state index is -0.651. The smallest absolute Gasteiger partial charge is 0.266 e. The summed E-state index contributed by atoms with van der Waals surface area (Å²) in [6, 6.07) is 15.3. The van der Waals surface area contributed by atoms with Gasteiger partial charge in [0, 0.05) is 16.6 Å². The molecule has 1 fully saturated rings. The van der Waals surface area contributed by atoms with Crippen LogP contribution in [0.25, 0.3) is 0 Å². The first-order valence-corrected chi connectivity index (χ1v) is 7.79. The lowest BCUT2D eigenvalue weighted by molar-refractivity contribution is -0.128. The highest BCUT2D eigenvalue weighted by Gasteiger charge is 2.29. The maximum absolute atomic E-state index is 12.5. The second-order valence-electron chi connectivity index (χ2n) is 5.60. The minimum Gasteiger partial charge on any atom is -0.476 e. The Morgan fingerprint density at radius 2 is 1.95 bits per heavy atom. The van der Waals surface area contributed by atoms with Crippen molar-refractivity contribution in [1.82, 2.24) is 5.32 Å². The summed E-state index contributed by atoms with van der Waals surface area (Å²) < 4.78 is 6.01. The van der Waals surface area contributed by atoms with Gasteiger partial charge in [0.25, 0.3) is 5.91 Å². The Kier molecular flexibility index (Phi) is 4.34. The fourth-order valence-electron chi connectivity index (χ4n) is 2.28. The normalized spacial score (nSPS) is 15.2. The quantitative estimate of drug-likeness (QED) is 0.904. The summed E-state index contributed by atoms with van der Waals surface area (Å²) in [7, 11) is 0. The van der Waals surface area contributed by atoms with Crippen LogP contribution in [0.15, 0.2) is 48.5 Å². The van der Waals surface area contributed by atoms with Crippen LogP contribution in [0.4, 0.5) is 0 Å². The van der Waals surface area contributed by atoms with Crippen molar-refractivity contribution in [2.75, 3.05) is 0 Å². The highest BCUT2D eigenvalue weighted by atomic mass is 35.5. The van der Waals surface area contributed by atoms with Crippen LogP contribution in [0.1, 0.15) is 30.1 Å². The van der Waals surface area contributed by atoms with Gasteiger partial charge >= 0.3 is 0 Å². The van der Waals surface area contributed by atoms with Crippen molar-refractivity contribution >= 4 is 17.5 Å². The maximum Gasteiger partial charge on any atom is 0.266 e. The van der Waals surface area contributed by atoms with E-state index in [1.807, 2.05) is 43.3 Å². The van der Waals surface area contributed by atoms with Crippen molar-refractivity contribution < 1.29 is 9.53 Å². The van der Waals surface area contributed by atoms with Gasteiger partial charge in [0.2, 0.25) is 6.10 Å². The van der Waals surface area contributed by atoms with Crippen LogP contribution in [0.5, 0.6) is 5.75 Å². The molecule has 114 valence electrons. The molecule has 1 N–H and O–H groups in total. The predicted octanol–water partition coefficient (Wildman–Crippen LogP) is 4.05. The van der Waals surface area contributed by atoms with E-state index in [-0.39, 0.29) is 5.91 Å². The number of aryl methyl sites for hydroxylation is 1. The van der Waals surface area contributed by atoms with Gasteiger partial charge in [0.05, 0.1) is 0 Å². The highest BCUT2D eigenvalue weighted by molar-refractivity contribution is 6.30. The Morgan fingerprint density at radius 1 is 1.23 bits per heavy atom. The number of hydrogen-bond donors (Lipinski definition) is 1. The summed E-state index contributed by atoms with van der Waals surface area (Å²) in [6.45, 7) is 1.92. The second kappa shape index (κ2) is 6.41. The van der Waals surface area contributed by atoms with Crippen LogP contribution in [0.2, 0.25) is 5.02 Å². The first-order valence-electron chi connectivity index (χ1n) is 7.41. The summed E-state index contributed by atoms with van der Waals surface area (Å²) in [5.74, 6) is 0.576. The lowest BCUT2D eigenvalue weighted by Gasteiger charge is -2.20. The Hall–Kier alpha value is -2.00. The van der Waals surface area contributed by atoms with Crippen LogP contribution in [-0.4, -0.2) is 11.9 Å². The van der Waals surface area contributed by atoms with Gasteiger partial charge in [-0.2, -0.15) is 0 Å². The van der Waals surface area contributed by atoms with E-state index in [0.29, 0.717) is 16.8 Å². The molecule has 2 aromatic carbocycles. The van der Waals surface area contributed by atoms with Gasteiger partial charge < -0.3 is 10.1 Å². The molecule has 3 rings (SSSR count). The van der Waals surface area contributed by atoms with Crippen molar-refractivity contribution in [2.24, 2.45) is 0 Å².